The molecule has 0 saturated heterocycles. The second kappa shape index (κ2) is 4.65. The maximum absolute atomic E-state index is 10.1. The van der Waals surface area contributed by atoms with E-state index in [1.54, 1.807) is 22.2 Å². The minimum atomic E-state index is -0.580. The van der Waals surface area contributed by atoms with Crippen LogP contribution in [-0.4, -0.2) is 19.9 Å². The monoisotopic (exact) mass is 301 g/mol. The Morgan fingerprint density at radius 1 is 1.62 bits per heavy atom. The van der Waals surface area contributed by atoms with Gasteiger partial charge in [0.15, 0.2) is 0 Å². The maximum Gasteiger partial charge on any atom is 0.102 e. The van der Waals surface area contributed by atoms with E-state index in [0.29, 0.717) is 6.42 Å². The second-order valence-corrected chi connectivity index (χ2v) is 5.50. The van der Waals surface area contributed by atoms with E-state index < -0.39 is 6.10 Å². The predicted octanol–water partition coefficient (Wildman–Crippen LogP) is 2.22. The van der Waals surface area contributed by atoms with Gasteiger partial charge in [-0.3, -0.25) is 4.68 Å². The zero-order chi connectivity index (χ0) is 11.7. The Bertz CT molecular complexity index is 474. The summed E-state index contributed by atoms with van der Waals surface area (Å²) >= 11 is 4.97. The molecule has 0 aliphatic rings. The Balaban J connectivity index is 2.17. The molecule has 16 heavy (non-hydrogen) atoms. The molecule has 86 valence electrons. The van der Waals surface area contributed by atoms with Gasteiger partial charge in [-0.15, -0.1) is 11.3 Å². The Kier molecular flexibility index (Phi) is 3.41. The Morgan fingerprint density at radius 2 is 2.38 bits per heavy atom. The van der Waals surface area contributed by atoms with Crippen molar-refractivity contribution >= 4 is 27.3 Å². The van der Waals surface area contributed by atoms with Crippen LogP contribution in [0.2, 0.25) is 0 Å². The van der Waals surface area contributed by atoms with Crippen molar-refractivity contribution in [1.29, 1.82) is 0 Å². The van der Waals surface area contributed by atoms with Crippen LogP contribution in [0, 0.1) is 6.92 Å². The number of aliphatic hydroxyl groups excluding tert-OH is 1. The van der Waals surface area contributed by atoms with Gasteiger partial charge in [-0.05, 0) is 22.9 Å². The molecule has 0 amide bonds. The summed E-state index contributed by atoms with van der Waals surface area (Å²) in [5, 5.41) is 17.2. The number of rotatable bonds is 3. The van der Waals surface area contributed by atoms with Gasteiger partial charge in [-0.2, -0.15) is 5.10 Å². The number of aryl methyl sites for hydroxylation is 2. The van der Waals surface area contributed by atoms with Gasteiger partial charge in [0.25, 0.3) is 0 Å². The normalized spacial score (nSPS) is 13.0. The van der Waals surface area contributed by atoms with Crippen LogP contribution in [0.1, 0.15) is 22.5 Å². The fourth-order valence-corrected chi connectivity index (χ4v) is 2.83. The molecule has 1 unspecified atom stereocenters. The predicted molar refractivity (Wildman–Crippen MR) is 66.4 cm³/mol. The summed E-state index contributed by atoms with van der Waals surface area (Å²) in [4.78, 5) is 4.33. The lowest BCUT2D eigenvalue weighted by Gasteiger charge is -2.10. The molecule has 4 nitrogen and oxygen atoms in total. The van der Waals surface area contributed by atoms with Gasteiger partial charge >= 0.3 is 0 Å². The number of halogens is 1. The quantitative estimate of drug-likeness (QED) is 0.946. The van der Waals surface area contributed by atoms with Crippen LogP contribution in [-0.2, 0) is 13.5 Å². The molecule has 0 aromatic carbocycles. The van der Waals surface area contributed by atoms with E-state index in [9.17, 15) is 5.11 Å². The molecular weight excluding hydrogens is 290 g/mol. The molecule has 2 aromatic rings. The van der Waals surface area contributed by atoms with E-state index in [4.69, 9.17) is 0 Å². The molecule has 0 saturated carbocycles. The molecular formula is C10H12BrN3OS. The average Bonchev–Trinajstić information content (AvgIpc) is 2.74. The SMILES string of the molecule is Cc1nc(CC(O)c2c(Br)cnn2C)cs1. The number of aliphatic hydroxyl groups is 1. The third-order valence-corrected chi connectivity index (χ3v) is 3.76. The van der Waals surface area contributed by atoms with Gasteiger partial charge in [-0.1, -0.05) is 0 Å². The van der Waals surface area contributed by atoms with Gasteiger partial charge < -0.3 is 5.11 Å². The van der Waals surface area contributed by atoms with Gasteiger partial charge in [0, 0.05) is 18.8 Å². The Morgan fingerprint density at radius 3 is 2.88 bits per heavy atom. The Hall–Kier alpha value is -0.720. The first kappa shape index (κ1) is 11.8. The highest BCUT2D eigenvalue weighted by atomic mass is 79.9. The van der Waals surface area contributed by atoms with Crippen molar-refractivity contribution in [2.24, 2.45) is 7.05 Å². The Labute approximate surface area is 106 Å². The van der Waals surface area contributed by atoms with Crippen molar-refractivity contribution in [3.05, 3.63) is 32.4 Å². The summed E-state index contributed by atoms with van der Waals surface area (Å²) in [6, 6.07) is 0. The zero-order valence-electron chi connectivity index (χ0n) is 9.01. The summed E-state index contributed by atoms with van der Waals surface area (Å²) in [6.07, 6.45) is 1.62. The van der Waals surface area contributed by atoms with E-state index in [0.717, 1.165) is 20.9 Å². The zero-order valence-corrected chi connectivity index (χ0v) is 11.4. The molecule has 2 heterocycles. The second-order valence-electron chi connectivity index (χ2n) is 3.58. The number of nitrogens with zero attached hydrogens (tertiary/aromatic N) is 3. The lowest BCUT2D eigenvalue weighted by Crippen LogP contribution is -2.08. The van der Waals surface area contributed by atoms with Crippen LogP contribution in [0.4, 0.5) is 0 Å². The highest BCUT2D eigenvalue weighted by Crippen LogP contribution is 2.25. The lowest BCUT2D eigenvalue weighted by atomic mass is 10.1. The van der Waals surface area contributed by atoms with Crippen molar-refractivity contribution in [3.63, 3.8) is 0 Å². The molecule has 0 aliphatic carbocycles. The average molecular weight is 302 g/mol. The summed E-state index contributed by atoms with van der Waals surface area (Å²) < 4.78 is 2.50. The third kappa shape index (κ3) is 2.34. The van der Waals surface area contributed by atoms with Crippen molar-refractivity contribution < 1.29 is 5.11 Å². The summed E-state index contributed by atoms with van der Waals surface area (Å²) in [6.45, 7) is 1.96. The topological polar surface area (TPSA) is 50.9 Å². The lowest BCUT2D eigenvalue weighted by molar-refractivity contribution is 0.166. The van der Waals surface area contributed by atoms with E-state index in [1.165, 1.54) is 0 Å². The van der Waals surface area contributed by atoms with Crippen LogP contribution < -0.4 is 0 Å². The van der Waals surface area contributed by atoms with Gasteiger partial charge in [0.2, 0.25) is 0 Å². The maximum atomic E-state index is 10.1. The number of aromatic nitrogens is 3. The first-order valence-corrected chi connectivity index (χ1v) is 6.51. The first-order chi connectivity index (χ1) is 7.58. The molecule has 0 fully saturated rings. The van der Waals surface area contributed by atoms with Gasteiger partial charge in [0.05, 0.1) is 27.1 Å². The first-order valence-electron chi connectivity index (χ1n) is 4.84. The highest BCUT2D eigenvalue weighted by molar-refractivity contribution is 9.10. The minimum Gasteiger partial charge on any atom is -0.386 e. The van der Waals surface area contributed by atoms with Crippen molar-refractivity contribution in [2.45, 2.75) is 19.4 Å². The number of thiazole rings is 1. The smallest absolute Gasteiger partial charge is 0.102 e. The summed E-state index contributed by atoms with van der Waals surface area (Å²) in [7, 11) is 1.82. The molecule has 2 rings (SSSR count). The summed E-state index contributed by atoms with van der Waals surface area (Å²) in [5.74, 6) is 0. The molecule has 0 spiro atoms. The van der Waals surface area contributed by atoms with Gasteiger partial charge in [0.1, 0.15) is 6.10 Å². The van der Waals surface area contributed by atoms with Gasteiger partial charge in [-0.25, -0.2) is 4.98 Å². The number of hydrogen-bond donors (Lipinski definition) is 1. The standard InChI is InChI=1S/C10H12BrN3OS/c1-6-13-7(5-16-6)3-9(15)10-8(11)4-12-14(10)2/h4-5,9,15H,3H2,1-2H3. The molecule has 0 bridgehead atoms. The van der Waals surface area contributed by atoms with Crippen molar-refractivity contribution in [3.8, 4) is 0 Å². The van der Waals surface area contributed by atoms with E-state index in [1.807, 2.05) is 19.4 Å². The fraction of sp³-hybridized carbons (Fsp3) is 0.400. The summed E-state index contributed by atoms with van der Waals surface area (Å²) in [5.41, 5.74) is 1.70. The molecule has 2 aromatic heterocycles. The highest BCUT2D eigenvalue weighted by Gasteiger charge is 2.17. The molecule has 0 aliphatic heterocycles. The van der Waals surface area contributed by atoms with Crippen molar-refractivity contribution in [1.82, 2.24) is 14.8 Å². The third-order valence-electron chi connectivity index (χ3n) is 2.32. The minimum absolute atomic E-state index is 0.516. The van der Waals surface area contributed by atoms with Crippen LogP contribution in [0.5, 0.6) is 0 Å². The van der Waals surface area contributed by atoms with Crippen LogP contribution >= 0.6 is 27.3 Å². The fourth-order valence-electron chi connectivity index (χ4n) is 1.59. The number of hydrogen-bond acceptors (Lipinski definition) is 4. The van der Waals surface area contributed by atoms with Crippen LogP contribution in [0.15, 0.2) is 16.0 Å². The van der Waals surface area contributed by atoms with E-state index in [2.05, 4.69) is 26.0 Å². The van der Waals surface area contributed by atoms with Crippen LogP contribution in [0.3, 0.4) is 0 Å². The molecule has 1 N–H and O–H groups in total. The van der Waals surface area contributed by atoms with E-state index in [-0.39, 0.29) is 0 Å². The van der Waals surface area contributed by atoms with E-state index >= 15 is 0 Å². The van der Waals surface area contributed by atoms with Crippen LogP contribution in [0.25, 0.3) is 0 Å². The molecule has 1 atom stereocenters. The largest absolute Gasteiger partial charge is 0.386 e. The molecule has 0 radical (unpaired) electrons. The van der Waals surface area contributed by atoms with Crippen molar-refractivity contribution in [2.75, 3.05) is 0 Å². The molecule has 6 heteroatoms.